The molecule has 100 valence electrons. The molecule has 2 heterocycles. The van der Waals surface area contributed by atoms with Crippen LogP contribution >= 0.6 is 11.3 Å². The van der Waals surface area contributed by atoms with Crippen molar-refractivity contribution < 1.29 is 4.79 Å². The van der Waals surface area contributed by atoms with Crippen molar-refractivity contribution in [1.29, 1.82) is 0 Å². The second-order valence-corrected chi connectivity index (χ2v) is 5.59. The summed E-state index contributed by atoms with van der Waals surface area (Å²) in [6.07, 6.45) is 1.82. The molecule has 1 aromatic heterocycles. The summed E-state index contributed by atoms with van der Waals surface area (Å²) in [6, 6.07) is 0.352. The van der Waals surface area contributed by atoms with Crippen LogP contribution in [0.25, 0.3) is 0 Å². The van der Waals surface area contributed by atoms with E-state index in [2.05, 4.69) is 15.2 Å². The van der Waals surface area contributed by atoms with Crippen molar-refractivity contribution in [1.82, 2.24) is 15.2 Å². The molecule has 1 aliphatic heterocycles. The second-order valence-electron chi connectivity index (χ2n) is 4.72. The molecule has 1 N–H and O–H groups in total. The van der Waals surface area contributed by atoms with Crippen LogP contribution in [0.3, 0.4) is 0 Å². The van der Waals surface area contributed by atoms with Crippen molar-refractivity contribution in [2.45, 2.75) is 19.9 Å². The van der Waals surface area contributed by atoms with Crippen LogP contribution < -0.4 is 10.2 Å². The average molecular weight is 268 g/mol. The van der Waals surface area contributed by atoms with Gasteiger partial charge in [-0.2, -0.15) is 0 Å². The highest BCUT2D eigenvalue weighted by Gasteiger charge is 2.21. The fraction of sp³-hybridized carbons (Fsp3) is 0.667. The van der Waals surface area contributed by atoms with Gasteiger partial charge in [-0.1, -0.05) is 13.8 Å². The Labute approximate surface area is 112 Å². The first-order chi connectivity index (χ1) is 8.66. The summed E-state index contributed by atoms with van der Waals surface area (Å²) in [5.74, 6) is 0.197. The van der Waals surface area contributed by atoms with E-state index in [9.17, 15) is 4.79 Å². The van der Waals surface area contributed by atoms with E-state index in [1.807, 2.05) is 30.3 Å². The number of nitrogens with zero attached hydrogens (tertiary/aromatic N) is 3. The lowest BCUT2D eigenvalue weighted by Crippen LogP contribution is -2.51. The summed E-state index contributed by atoms with van der Waals surface area (Å²) < 4.78 is 0. The highest BCUT2D eigenvalue weighted by atomic mass is 32.1. The summed E-state index contributed by atoms with van der Waals surface area (Å²) in [5.41, 5.74) is 0. The first kappa shape index (κ1) is 13.3. The Hall–Kier alpha value is -1.14. The molecular formula is C12H20N4OS. The van der Waals surface area contributed by atoms with Gasteiger partial charge in [-0.25, -0.2) is 4.98 Å². The van der Waals surface area contributed by atoms with E-state index < -0.39 is 0 Å². The van der Waals surface area contributed by atoms with Crippen molar-refractivity contribution >= 4 is 22.4 Å². The Morgan fingerprint density at radius 1 is 1.44 bits per heavy atom. The summed E-state index contributed by atoms with van der Waals surface area (Å²) in [4.78, 5) is 20.4. The standard InChI is InChI=1S/C12H20N4OS/c1-10(2)14-9-11(17)15-4-6-16(7-5-15)12-13-3-8-18-12/h3,8,10,14H,4-7,9H2,1-2H3. The summed E-state index contributed by atoms with van der Waals surface area (Å²) in [6.45, 7) is 7.87. The molecular weight excluding hydrogens is 248 g/mol. The van der Waals surface area contributed by atoms with Crippen molar-refractivity contribution in [2.24, 2.45) is 0 Å². The molecule has 1 saturated heterocycles. The van der Waals surface area contributed by atoms with E-state index in [1.54, 1.807) is 11.3 Å². The van der Waals surface area contributed by atoms with Crippen LogP contribution in [0, 0.1) is 0 Å². The van der Waals surface area contributed by atoms with E-state index >= 15 is 0 Å². The number of hydrogen-bond acceptors (Lipinski definition) is 5. The third-order valence-corrected chi connectivity index (χ3v) is 3.82. The molecule has 0 radical (unpaired) electrons. The monoisotopic (exact) mass is 268 g/mol. The molecule has 1 amide bonds. The minimum atomic E-state index is 0.197. The number of anilines is 1. The largest absolute Gasteiger partial charge is 0.345 e. The molecule has 2 rings (SSSR count). The van der Waals surface area contributed by atoms with Gasteiger partial charge in [0.2, 0.25) is 5.91 Å². The summed E-state index contributed by atoms with van der Waals surface area (Å²) >= 11 is 1.65. The predicted molar refractivity (Wildman–Crippen MR) is 74.0 cm³/mol. The Bertz CT molecular complexity index is 371. The summed E-state index contributed by atoms with van der Waals surface area (Å²) in [5, 5.41) is 6.21. The topological polar surface area (TPSA) is 48.5 Å². The number of nitrogens with one attached hydrogen (secondary N) is 1. The number of aromatic nitrogens is 1. The summed E-state index contributed by atoms with van der Waals surface area (Å²) in [7, 11) is 0. The third-order valence-electron chi connectivity index (χ3n) is 2.98. The maximum atomic E-state index is 11.9. The number of rotatable bonds is 4. The van der Waals surface area contributed by atoms with E-state index in [1.165, 1.54) is 0 Å². The molecule has 0 aliphatic carbocycles. The molecule has 5 nitrogen and oxygen atoms in total. The molecule has 6 heteroatoms. The van der Waals surface area contributed by atoms with E-state index in [4.69, 9.17) is 0 Å². The predicted octanol–water partition coefficient (Wildman–Crippen LogP) is 0.790. The highest BCUT2D eigenvalue weighted by Crippen LogP contribution is 2.18. The zero-order valence-corrected chi connectivity index (χ0v) is 11.7. The molecule has 0 aromatic carbocycles. The van der Waals surface area contributed by atoms with Crippen molar-refractivity contribution in [2.75, 3.05) is 37.6 Å². The van der Waals surface area contributed by atoms with Crippen molar-refractivity contribution in [3.05, 3.63) is 11.6 Å². The average Bonchev–Trinajstić information content (AvgIpc) is 2.90. The maximum Gasteiger partial charge on any atom is 0.236 e. The van der Waals surface area contributed by atoms with Gasteiger partial charge in [0, 0.05) is 43.8 Å². The number of carbonyl (C=O) groups is 1. The lowest BCUT2D eigenvalue weighted by atomic mass is 10.3. The van der Waals surface area contributed by atoms with Crippen LogP contribution in [-0.2, 0) is 4.79 Å². The van der Waals surface area contributed by atoms with Gasteiger partial charge < -0.3 is 15.1 Å². The zero-order valence-electron chi connectivity index (χ0n) is 10.9. The molecule has 0 atom stereocenters. The van der Waals surface area contributed by atoms with Gasteiger partial charge in [-0.3, -0.25) is 4.79 Å². The molecule has 1 aromatic rings. The fourth-order valence-electron chi connectivity index (χ4n) is 1.92. The van der Waals surface area contributed by atoms with Crippen LogP contribution in [0.15, 0.2) is 11.6 Å². The van der Waals surface area contributed by atoms with E-state index in [-0.39, 0.29) is 5.91 Å². The van der Waals surface area contributed by atoms with E-state index in [0.717, 1.165) is 31.3 Å². The SMILES string of the molecule is CC(C)NCC(=O)N1CCN(c2nccs2)CC1. The number of carbonyl (C=O) groups excluding carboxylic acids is 1. The minimum absolute atomic E-state index is 0.197. The zero-order chi connectivity index (χ0) is 13.0. The van der Waals surface area contributed by atoms with Gasteiger partial charge in [0.1, 0.15) is 0 Å². The number of thiazole rings is 1. The van der Waals surface area contributed by atoms with Gasteiger partial charge in [-0.15, -0.1) is 11.3 Å². The fourth-order valence-corrected chi connectivity index (χ4v) is 2.62. The van der Waals surface area contributed by atoms with Gasteiger partial charge >= 0.3 is 0 Å². The van der Waals surface area contributed by atoms with Gasteiger partial charge in [0.05, 0.1) is 6.54 Å². The van der Waals surface area contributed by atoms with Gasteiger partial charge in [-0.05, 0) is 0 Å². The smallest absolute Gasteiger partial charge is 0.236 e. The number of piperazine rings is 1. The molecule has 0 spiro atoms. The molecule has 18 heavy (non-hydrogen) atoms. The molecule has 0 saturated carbocycles. The maximum absolute atomic E-state index is 11.9. The normalized spacial score (nSPS) is 16.4. The number of hydrogen-bond donors (Lipinski definition) is 1. The van der Waals surface area contributed by atoms with Crippen LogP contribution in [0.4, 0.5) is 5.13 Å². The van der Waals surface area contributed by atoms with Crippen LogP contribution in [0.5, 0.6) is 0 Å². The van der Waals surface area contributed by atoms with Crippen LogP contribution in [-0.4, -0.2) is 54.6 Å². The van der Waals surface area contributed by atoms with E-state index in [0.29, 0.717) is 12.6 Å². The number of amides is 1. The molecule has 0 unspecified atom stereocenters. The second kappa shape index (κ2) is 6.15. The Morgan fingerprint density at radius 2 is 2.17 bits per heavy atom. The van der Waals surface area contributed by atoms with Crippen molar-refractivity contribution in [3.63, 3.8) is 0 Å². The lowest BCUT2D eigenvalue weighted by Gasteiger charge is -2.34. The van der Waals surface area contributed by atoms with Crippen molar-refractivity contribution in [3.8, 4) is 0 Å². The van der Waals surface area contributed by atoms with Gasteiger partial charge in [0.25, 0.3) is 0 Å². The minimum Gasteiger partial charge on any atom is -0.345 e. The third kappa shape index (κ3) is 3.43. The molecule has 0 bridgehead atoms. The van der Waals surface area contributed by atoms with Gasteiger partial charge in [0.15, 0.2) is 5.13 Å². The first-order valence-corrected chi connectivity index (χ1v) is 7.20. The quantitative estimate of drug-likeness (QED) is 0.877. The Morgan fingerprint density at radius 3 is 2.72 bits per heavy atom. The van der Waals surface area contributed by atoms with Crippen LogP contribution in [0.1, 0.15) is 13.8 Å². The Balaban J connectivity index is 1.78. The first-order valence-electron chi connectivity index (χ1n) is 6.32. The molecule has 1 fully saturated rings. The Kier molecular flexibility index (Phi) is 4.54. The molecule has 1 aliphatic rings. The lowest BCUT2D eigenvalue weighted by molar-refractivity contribution is -0.130. The highest BCUT2D eigenvalue weighted by molar-refractivity contribution is 7.13. The van der Waals surface area contributed by atoms with Crippen LogP contribution in [0.2, 0.25) is 0 Å².